The van der Waals surface area contributed by atoms with E-state index in [0.717, 1.165) is 42.6 Å². The van der Waals surface area contributed by atoms with E-state index >= 15 is 0 Å². The molecule has 0 bridgehead atoms. The molecule has 2 aromatic rings. The average molecular weight is 302 g/mol. The molecule has 3 rings (SSSR count). The lowest BCUT2D eigenvalue weighted by atomic mass is 10.1. The van der Waals surface area contributed by atoms with Crippen LogP contribution in [0, 0.1) is 0 Å². The second-order valence-corrected chi connectivity index (χ2v) is 5.59. The van der Waals surface area contributed by atoms with Gasteiger partial charge in [-0.1, -0.05) is 36.4 Å². The van der Waals surface area contributed by atoms with Crippen molar-refractivity contribution in [2.24, 2.45) is 0 Å². The van der Waals surface area contributed by atoms with Crippen molar-refractivity contribution in [1.82, 2.24) is 0 Å². The van der Waals surface area contributed by atoms with Crippen molar-refractivity contribution in [2.45, 2.75) is 25.0 Å². The molecule has 0 saturated carbocycles. The standard InChI is InChI=1S/C18H22O4/c19-15(12-21-16-8-10-20-11-9-16)13-22-18-7-3-5-14-4-1-2-6-17(14)18/h1-7,15-16,19H,8-13H2/t15-/m1/s1. The Labute approximate surface area is 130 Å². The molecule has 118 valence electrons. The van der Waals surface area contributed by atoms with Crippen LogP contribution in [0.3, 0.4) is 0 Å². The van der Waals surface area contributed by atoms with Crippen LogP contribution in [0.1, 0.15) is 12.8 Å². The first-order valence-electron chi connectivity index (χ1n) is 7.81. The highest BCUT2D eigenvalue weighted by atomic mass is 16.5. The van der Waals surface area contributed by atoms with Crippen LogP contribution in [0.5, 0.6) is 5.75 Å². The first-order valence-corrected chi connectivity index (χ1v) is 7.81. The Bertz CT molecular complexity index is 587. The predicted octanol–water partition coefficient (Wildman–Crippen LogP) is 2.78. The van der Waals surface area contributed by atoms with Gasteiger partial charge in [-0.25, -0.2) is 0 Å². The van der Waals surface area contributed by atoms with Crippen molar-refractivity contribution in [2.75, 3.05) is 26.4 Å². The Hall–Kier alpha value is -1.62. The van der Waals surface area contributed by atoms with Crippen molar-refractivity contribution in [3.05, 3.63) is 42.5 Å². The van der Waals surface area contributed by atoms with Crippen LogP contribution in [0.2, 0.25) is 0 Å². The van der Waals surface area contributed by atoms with Crippen LogP contribution >= 0.6 is 0 Å². The zero-order valence-electron chi connectivity index (χ0n) is 12.6. The zero-order valence-corrected chi connectivity index (χ0v) is 12.6. The first kappa shape index (κ1) is 15.3. The molecular formula is C18H22O4. The molecule has 22 heavy (non-hydrogen) atoms. The fraction of sp³-hybridized carbons (Fsp3) is 0.444. The average Bonchev–Trinajstić information content (AvgIpc) is 2.59. The van der Waals surface area contributed by atoms with E-state index in [1.54, 1.807) is 0 Å². The molecule has 1 aliphatic heterocycles. The topological polar surface area (TPSA) is 47.9 Å². The van der Waals surface area contributed by atoms with Gasteiger partial charge in [-0.2, -0.15) is 0 Å². The maximum atomic E-state index is 10.0. The van der Waals surface area contributed by atoms with Gasteiger partial charge in [-0.3, -0.25) is 0 Å². The molecule has 0 aromatic heterocycles. The summed E-state index contributed by atoms with van der Waals surface area (Å²) in [6.45, 7) is 2.02. The molecule has 0 amide bonds. The molecule has 0 spiro atoms. The molecular weight excluding hydrogens is 280 g/mol. The maximum absolute atomic E-state index is 10.0. The largest absolute Gasteiger partial charge is 0.490 e. The lowest BCUT2D eigenvalue weighted by molar-refractivity contribution is -0.0658. The van der Waals surface area contributed by atoms with Crippen molar-refractivity contribution in [3.63, 3.8) is 0 Å². The highest BCUT2D eigenvalue weighted by Crippen LogP contribution is 2.25. The molecule has 4 nitrogen and oxygen atoms in total. The van der Waals surface area contributed by atoms with Gasteiger partial charge in [0, 0.05) is 18.6 Å². The summed E-state index contributed by atoms with van der Waals surface area (Å²) >= 11 is 0. The summed E-state index contributed by atoms with van der Waals surface area (Å²) in [7, 11) is 0. The summed E-state index contributed by atoms with van der Waals surface area (Å²) in [5.74, 6) is 0.795. The van der Waals surface area contributed by atoms with Crippen molar-refractivity contribution in [1.29, 1.82) is 0 Å². The van der Waals surface area contributed by atoms with Crippen LogP contribution in [-0.4, -0.2) is 43.7 Å². The summed E-state index contributed by atoms with van der Waals surface area (Å²) < 4.78 is 16.8. The zero-order chi connectivity index (χ0) is 15.2. The normalized spacial score (nSPS) is 17.5. The van der Waals surface area contributed by atoms with Crippen LogP contribution < -0.4 is 4.74 Å². The first-order chi connectivity index (χ1) is 10.8. The van der Waals surface area contributed by atoms with Crippen molar-refractivity contribution >= 4 is 10.8 Å². The van der Waals surface area contributed by atoms with Crippen LogP contribution in [0.4, 0.5) is 0 Å². The van der Waals surface area contributed by atoms with Gasteiger partial charge >= 0.3 is 0 Å². The minimum atomic E-state index is -0.623. The summed E-state index contributed by atoms with van der Waals surface area (Å²) in [6.07, 6.45) is 1.37. The van der Waals surface area contributed by atoms with Gasteiger partial charge in [0.25, 0.3) is 0 Å². The molecule has 1 aliphatic rings. The number of aliphatic hydroxyl groups is 1. The fourth-order valence-corrected chi connectivity index (χ4v) is 2.65. The third-order valence-corrected chi connectivity index (χ3v) is 3.87. The quantitative estimate of drug-likeness (QED) is 0.891. The summed E-state index contributed by atoms with van der Waals surface area (Å²) in [5, 5.41) is 12.2. The summed E-state index contributed by atoms with van der Waals surface area (Å²) in [5.41, 5.74) is 0. The van der Waals surface area contributed by atoms with E-state index < -0.39 is 6.10 Å². The number of ether oxygens (including phenoxy) is 3. The van der Waals surface area contributed by atoms with Gasteiger partial charge in [-0.05, 0) is 24.3 Å². The Kier molecular flexibility index (Phi) is 5.27. The SMILES string of the molecule is O[C@@H](COc1cccc2ccccc12)COC1CCOCC1. The predicted molar refractivity (Wildman–Crippen MR) is 85.2 cm³/mol. The minimum Gasteiger partial charge on any atom is -0.490 e. The van der Waals surface area contributed by atoms with E-state index in [2.05, 4.69) is 0 Å². The van der Waals surface area contributed by atoms with E-state index in [9.17, 15) is 5.11 Å². The number of benzene rings is 2. The third-order valence-electron chi connectivity index (χ3n) is 3.87. The molecule has 0 aliphatic carbocycles. The Morgan fingerprint density at radius 3 is 2.68 bits per heavy atom. The summed E-state index contributed by atoms with van der Waals surface area (Å²) in [6, 6.07) is 14.0. The number of hydrogen-bond donors (Lipinski definition) is 1. The number of fused-ring (bicyclic) bond motifs is 1. The molecule has 1 heterocycles. The Morgan fingerprint density at radius 1 is 1.05 bits per heavy atom. The van der Waals surface area contributed by atoms with E-state index in [4.69, 9.17) is 14.2 Å². The monoisotopic (exact) mass is 302 g/mol. The fourth-order valence-electron chi connectivity index (χ4n) is 2.65. The second-order valence-electron chi connectivity index (χ2n) is 5.59. The number of rotatable bonds is 6. The molecule has 1 saturated heterocycles. The van der Waals surface area contributed by atoms with Gasteiger partial charge in [-0.15, -0.1) is 0 Å². The Balaban J connectivity index is 1.50. The minimum absolute atomic E-state index is 0.195. The smallest absolute Gasteiger partial charge is 0.127 e. The van der Waals surface area contributed by atoms with Gasteiger partial charge in [0.1, 0.15) is 18.5 Å². The number of hydrogen-bond acceptors (Lipinski definition) is 4. The highest BCUT2D eigenvalue weighted by molar-refractivity contribution is 5.88. The van der Waals surface area contributed by atoms with Crippen LogP contribution in [-0.2, 0) is 9.47 Å². The molecule has 1 N–H and O–H groups in total. The lowest BCUT2D eigenvalue weighted by Gasteiger charge is -2.23. The maximum Gasteiger partial charge on any atom is 0.127 e. The van der Waals surface area contributed by atoms with Crippen LogP contribution in [0.25, 0.3) is 10.8 Å². The van der Waals surface area contributed by atoms with Gasteiger partial charge in [0.05, 0.1) is 12.7 Å². The lowest BCUT2D eigenvalue weighted by Crippen LogP contribution is -2.30. The third kappa shape index (κ3) is 3.97. The molecule has 1 atom stereocenters. The van der Waals surface area contributed by atoms with Gasteiger partial charge < -0.3 is 19.3 Å². The highest BCUT2D eigenvalue weighted by Gasteiger charge is 2.16. The summed E-state index contributed by atoms with van der Waals surface area (Å²) in [4.78, 5) is 0. The Morgan fingerprint density at radius 2 is 1.82 bits per heavy atom. The molecule has 0 unspecified atom stereocenters. The van der Waals surface area contributed by atoms with E-state index in [0.29, 0.717) is 6.61 Å². The molecule has 0 radical (unpaired) electrons. The second kappa shape index (κ2) is 7.58. The van der Waals surface area contributed by atoms with Crippen molar-refractivity contribution in [3.8, 4) is 5.75 Å². The van der Waals surface area contributed by atoms with E-state index in [-0.39, 0.29) is 12.7 Å². The molecule has 2 aromatic carbocycles. The van der Waals surface area contributed by atoms with Gasteiger partial charge in [0.15, 0.2) is 0 Å². The van der Waals surface area contributed by atoms with E-state index in [1.807, 2.05) is 42.5 Å². The van der Waals surface area contributed by atoms with Crippen LogP contribution in [0.15, 0.2) is 42.5 Å². The van der Waals surface area contributed by atoms with Crippen molar-refractivity contribution < 1.29 is 19.3 Å². The molecule has 1 fully saturated rings. The van der Waals surface area contributed by atoms with E-state index in [1.165, 1.54) is 0 Å². The van der Waals surface area contributed by atoms with Gasteiger partial charge in [0.2, 0.25) is 0 Å². The number of aliphatic hydroxyl groups excluding tert-OH is 1. The molecule has 4 heteroatoms.